The summed E-state index contributed by atoms with van der Waals surface area (Å²) in [7, 11) is -3.79. The Labute approximate surface area is 150 Å². The van der Waals surface area contributed by atoms with Crippen molar-refractivity contribution in [3.05, 3.63) is 28.0 Å². The quantitative estimate of drug-likeness (QED) is 0.749. The van der Waals surface area contributed by atoms with E-state index in [0.717, 1.165) is 12.3 Å². The summed E-state index contributed by atoms with van der Waals surface area (Å²) in [6, 6.07) is 2.38. The van der Waals surface area contributed by atoms with E-state index in [1.165, 1.54) is 6.07 Å². The van der Waals surface area contributed by atoms with Crippen LogP contribution in [0.4, 0.5) is 4.39 Å². The van der Waals surface area contributed by atoms with Crippen molar-refractivity contribution in [3.63, 3.8) is 0 Å². The van der Waals surface area contributed by atoms with Crippen LogP contribution >= 0.6 is 28.3 Å². The number of benzene rings is 1. The third-order valence-electron chi connectivity index (χ3n) is 3.75. The Balaban J connectivity index is 0.00000484. The minimum absolute atomic E-state index is 0. The summed E-state index contributed by atoms with van der Waals surface area (Å²) in [5, 5.41) is 2.69. The minimum Gasteiger partial charge on any atom is -0.345 e. The molecular formula is C14H21BrClFN2O3S. The third kappa shape index (κ3) is 5.14. The van der Waals surface area contributed by atoms with Gasteiger partial charge in [-0.1, -0.05) is 29.8 Å². The molecule has 0 aliphatic rings. The highest BCUT2D eigenvalue weighted by Crippen LogP contribution is 2.25. The first-order valence-corrected chi connectivity index (χ1v) is 9.32. The Bertz CT molecular complexity index is 698. The van der Waals surface area contributed by atoms with Crippen molar-refractivity contribution >= 4 is 44.1 Å². The van der Waals surface area contributed by atoms with Crippen molar-refractivity contribution in [2.45, 2.75) is 31.2 Å². The maximum Gasteiger partial charge on any atom is 0.254 e. The summed E-state index contributed by atoms with van der Waals surface area (Å²) in [4.78, 5) is 11.8. The number of sulfone groups is 1. The maximum absolute atomic E-state index is 14.4. The predicted octanol–water partition coefficient (Wildman–Crippen LogP) is 2.52. The normalized spacial score (nSPS) is 14.1. The molecule has 0 radical (unpaired) electrons. The summed E-state index contributed by atoms with van der Waals surface area (Å²) in [6.45, 7) is 5.69. The highest BCUT2D eigenvalue weighted by Gasteiger charge is 2.31. The molecule has 1 aromatic carbocycles. The molecular weight excluding hydrogens is 411 g/mol. The van der Waals surface area contributed by atoms with Crippen LogP contribution in [0.25, 0.3) is 0 Å². The molecule has 5 nitrogen and oxygen atoms in total. The lowest BCUT2D eigenvalue weighted by molar-refractivity contribution is 0.0878. The van der Waals surface area contributed by atoms with Crippen molar-refractivity contribution in [2.24, 2.45) is 11.7 Å². The van der Waals surface area contributed by atoms with Crippen molar-refractivity contribution in [1.82, 2.24) is 5.32 Å². The molecule has 1 rings (SSSR count). The Morgan fingerprint density at radius 2 is 1.96 bits per heavy atom. The van der Waals surface area contributed by atoms with Gasteiger partial charge < -0.3 is 11.1 Å². The zero-order chi connectivity index (χ0) is 17.3. The number of hydrogen-bond acceptors (Lipinski definition) is 4. The molecule has 1 atom stereocenters. The minimum atomic E-state index is -3.79. The van der Waals surface area contributed by atoms with E-state index in [0.29, 0.717) is 4.47 Å². The van der Waals surface area contributed by atoms with Gasteiger partial charge >= 0.3 is 0 Å². The van der Waals surface area contributed by atoms with E-state index in [1.54, 1.807) is 6.92 Å². The standard InChI is InChI=1S/C14H20BrFN2O3S.ClH/c1-8(2)14(3,7-17)18-13(19)10-5-9(15)6-11(12(10)16)22(4,20)21;/h5-6,8H,7,17H2,1-4H3,(H,18,19);1H. The molecule has 132 valence electrons. The Kier molecular flexibility index (Phi) is 7.67. The summed E-state index contributed by atoms with van der Waals surface area (Å²) in [5.74, 6) is -1.75. The SMILES string of the molecule is CC(C)C(C)(CN)NC(=O)c1cc(Br)cc(S(C)(=O)=O)c1F.Cl. The average Bonchev–Trinajstić information content (AvgIpc) is 2.39. The van der Waals surface area contributed by atoms with E-state index in [2.05, 4.69) is 21.2 Å². The number of nitrogens with two attached hydrogens (primary N) is 1. The van der Waals surface area contributed by atoms with Gasteiger partial charge in [-0.2, -0.15) is 0 Å². The lowest BCUT2D eigenvalue weighted by Crippen LogP contribution is -2.55. The fourth-order valence-electron chi connectivity index (χ4n) is 1.76. The van der Waals surface area contributed by atoms with Crippen LogP contribution in [0.1, 0.15) is 31.1 Å². The molecule has 0 saturated heterocycles. The summed E-state index contributed by atoms with van der Waals surface area (Å²) in [5.41, 5.74) is 4.62. The third-order valence-corrected chi connectivity index (χ3v) is 5.30. The average molecular weight is 432 g/mol. The Hall–Kier alpha value is -0.700. The Morgan fingerprint density at radius 3 is 2.35 bits per heavy atom. The number of hydrogen-bond donors (Lipinski definition) is 2. The second kappa shape index (κ2) is 7.92. The Morgan fingerprint density at radius 1 is 1.43 bits per heavy atom. The zero-order valence-electron chi connectivity index (χ0n) is 13.3. The van der Waals surface area contributed by atoms with Crippen LogP contribution in [-0.4, -0.2) is 32.7 Å². The number of carbonyl (C=O) groups excluding carboxylic acids is 1. The summed E-state index contributed by atoms with van der Waals surface area (Å²) < 4.78 is 37.9. The molecule has 0 aliphatic heterocycles. The molecule has 0 heterocycles. The van der Waals surface area contributed by atoms with Gasteiger partial charge in [0.05, 0.1) is 11.1 Å². The largest absolute Gasteiger partial charge is 0.345 e. The molecule has 3 N–H and O–H groups in total. The number of halogens is 3. The molecule has 0 aromatic heterocycles. The topological polar surface area (TPSA) is 89.3 Å². The van der Waals surface area contributed by atoms with Crippen LogP contribution < -0.4 is 11.1 Å². The fraction of sp³-hybridized carbons (Fsp3) is 0.500. The maximum atomic E-state index is 14.4. The van der Waals surface area contributed by atoms with E-state index < -0.39 is 32.0 Å². The van der Waals surface area contributed by atoms with Gasteiger partial charge in [-0.15, -0.1) is 12.4 Å². The lowest BCUT2D eigenvalue weighted by atomic mass is 9.88. The lowest BCUT2D eigenvalue weighted by Gasteiger charge is -2.33. The number of rotatable bonds is 5. The molecule has 0 fully saturated rings. The molecule has 1 unspecified atom stereocenters. The predicted molar refractivity (Wildman–Crippen MR) is 94.2 cm³/mol. The van der Waals surface area contributed by atoms with Gasteiger partial charge in [-0.05, 0) is 25.0 Å². The second-order valence-electron chi connectivity index (χ2n) is 5.77. The molecule has 1 amide bonds. The van der Waals surface area contributed by atoms with Crippen LogP contribution in [0.15, 0.2) is 21.5 Å². The first kappa shape index (κ1) is 22.3. The molecule has 23 heavy (non-hydrogen) atoms. The monoisotopic (exact) mass is 430 g/mol. The van der Waals surface area contributed by atoms with Crippen LogP contribution in [-0.2, 0) is 9.84 Å². The van der Waals surface area contributed by atoms with Crippen LogP contribution in [0.2, 0.25) is 0 Å². The highest BCUT2D eigenvalue weighted by molar-refractivity contribution is 9.10. The first-order chi connectivity index (χ1) is 9.92. The molecule has 9 heteroatoms. The summed E-state index contributed by atoms with van der Waals surface area (Å²) in [6.07, 6.45) is 0.887. The van der Waals surface area contributed by atoms with Gasteiger partial charge in [0.1, 0.15) is 4.90 Å². The van der Waals surface area contributed by atoms with E-state index in [4.69, 9.17) is 5.73 Å². The number of nitrogens with one attached hydrogen (secondary N) is 1. The van der Waals surface area contributed by atoms with E-state index in [-0.39, 0.29) is 30.4 Å². The smallest absolute Gasteiger partial charge is 0.254 e. The highest BCUT2D eigenvalue weighted by atomic mass is 79.9. The molecule has 0 aliphatic carbocycles. The van der Waals surface area contributed by atoms with Gasteiger partial charge in [0.25, 0.3) is 5.91 Å². The van der Waals surface area contributed by atoms with Crippen molar-refractivity contribution in [1.29, 1.82) is 0 Å². The van der Waals surface area contributed by atoms with Crippen molar-refractivity contribution in [2.75, 3.05) is 12.8 Å². The molecule has 0 bridgehead atoms. The van der Waals surface area contributed by atoms with Crippen LogP contribution in [0.3, 0.4) is 0 Å². The summed E-state index contributed by atoms with van der Waals surface area (Å²) >= 11 is 3.10. The van der Waals surface area contributed by atoms with E-state index >= 15 is 0 Å². The molecule has 0 spiro atoms. The van der Waals surface area contributed by atoms with E-state index in [1.807, 2.05) is 13.8 Å². The van der Waals surface area contributed by atoms with Crippen molar-refractivity contribution < 1.29 is 17.6 Å². The first-order valence-electron chi connectivity index (χ1n) is 6.64. The van der Waals surface area contributed by atoms with Crippen LogP contribution in [0, 0.1) is 11.7 Å². The van der Waals surface area contributed by atoms with Gasteiger partial charge in [0.2, 0.25) is 0 Å². The van der Waals surface area contributed by atoms with Gasteiger partial charge in [-0.25, -0.2) is 12.8 Å². The van der Waals surface area contributed by atoms with Gasteiger partial charge in [0.15, 0.2) is 15.7 Å². The van der Waals surface area contributed by atoms with Gasteiger partial charge in [0, 0.05) is 17.3 Å². The van der Waals surface area contributed by atoms with E-state index in [9.17, 15) is 17.6 Å². The zero-order valence-corrected chi connectivity index (χ0v) is 16.5. The fourth-order valence-corrected chi connectivity index (χ4v) is 3.14. The van der Waals surface area contributed by atoms with Crippen LogP contribution in [0.5, 0.6) is 0 Å². The molecule has 0 saturated carbocycles. The van der Waals surface area contributed by atoms with Crippen molar-refractivity contribution in [3.8, 4) is 0 Å². The number of amides is 1. The molecule has 1 aromatic rings. The van der Waals surface area contributed by atoms with Gasteiger partial charge in [-0.3, -0.25) is 4.79 Å². The number of carbonyl (C=O) groups is 1. The second-order valence-corrected chi connectivity index (χ2v) is 8.67.